The zero-order valence-electron chi connectivity index (χ0n) is 12.6. The average Bonchev–Trinajstić information content (AvgIpc) is 2.79. The number of rotatable bonds is 5. The van der Waals surface area contributed by atoms with Crippen LogP contribution in [-0.4, -0.2) is 49.1 Å². The molecule has 0 radical (unpaired) electrons. The van der Waals surface area contributed by atoms with E-state index in [9.17, 15) is 22.8 Å². The molecule has 5 nitrogen and oxygen atoms in total. The molecule has 126 valence electrons. The molecule has 2 rings (SSSR count). The van der Waals surface area contributed by atoms with Crippen LogP contribution in [-0.2, 0) is 9.59 Å². The van der Waals surface area contributed by atoms with Crippen molar-refractivity contribution in [1.82, 2.24) is 15.5 Å². The maximum Gasteiger partial charge on any atom is 0.407 e. The zero-order chi connectivity index (χ0) is 17.0. The van der Waals surface area contributed by atoms with E-state index in [1.54, 1.807) is 13.1 Å². The first-order valence-corrected chi connectivity index (χ1v) is 7.18. The summed E-state index contributed by atoms with van der Waals surface area (Å²) in [5.74, 6) is -0.863. The lowest BCUT2D eigenvalue weighted by molar-refractivity contribution is -0.158. The van der Waals surface area contributed by atoms with E-state index in [1.165, 1.54) is 29.2 Å². The summed E-state index contributed by atoms with van der Waals surface area (Å²) < 4.78 is 39.4. The fourth-order valence-corrected chi connectivity index (χ4v) is 2.46. The molecule has 8 heteroatoms. The van der Waals surface area contributed by atoms with Gasteiger partial charge in [-0.15, -0.1) is 0 Å². The Kier molecular flexibility index (Phi) is 5.25. The first-order valence-electron chi connectivity index (χ1n) is 7.18. The predicted octanol–water partition coefficient (Wildman–Crippen LogP) is 1.23. The Hall–Kier alpha value is -2.09. The van der Waals surface area contributed by atoms with Crippen molar-refractivity contribution in [1.29, 1.82) is 0 Å². The lowest BCUT2D eigenvalue weighted by Gasteiger charge is -2.22. The molecule has 1 aromatic rings. The van der Waals surface area contributed by atoms with Gasteiger partial charge in [0.25, 0.3) is 0 Å². The number of amides is 2. The molecule has 2 N–H and O–H groups in total. The van der Waals surface area contributed by atoms with Gasteiger partial charge in [-0.05, 0) is 12.0 Å². The number of carbonyl (C=O) groups excluding carboxylic acids is 2. The summed E-state index contributed by atoms with van der Waals surface area (Å²) in [5, 5.41) is 4.67. The van der Waals surface area contributed by atoms with Crippen LogP contribution in [0.15, 0.2) is 30.3 Å². The maximum atomic E-state index is 13.1. The molecule has 2 amide bonds. The number of halogens is 3. The van der Waals surface area contributed by atoms with Gasteiger partial charge in [0.2, 0.25) is 11.8 Å². The Bertz CT molecular complexity index is 563. The van der Waals surface area contributed by atoms with Gasteiger partial charge in [0.15, 0.2) is 0 Å². The van der Waals surface area contributed by atoms with Crippen molar-refractivity contribution >= 4 is 11.8 Å². The smallest absolute Gasteiger partial charge is 0.344 e. The first-order chi connectivity index (χ1) is 10.8. The predicted molar refractivity (Wildman–Crippen MR) is 77.4 cm³/mol. The van der Waals surface area contributed by atoms with Gasteiger partial charge in [-0.2, -0.15) is 13.2 Å². The van der Waals surface area contributed by atoms with E-state index >= 15 is 0 Å². The summed E-state index contributed by atoms with van der Waals surface area (Å²) in [6.07, 6.45) is -4.06. The molecule has 1 aliphatic rings. The number of likely N-dealkylation sites (N-methyl/N-ethyl adjacent to an activating group) is 1. The average molecular weight is 329 g/mol. The Morgan fingerprint density at radius 1 is 1.35 bits per heavy atom. The summed E-state index contributed by atoms with van der Waals surface area (Å²) >= 11 is 0. The number of likely N-dealkylation sites (tertiary alicyclic amines) is 1. The Labute approximate surface area is 131 Å². The molecule has 1 heterocycles. The standard InChI is InChI=1S/C15H18F3N3O2/c1-21-8-7-11(14(21)23)20-12(22)9-19-13(15(16,17)18)10-5-3-2-4-6-10/h2-6,11,13,19H,7-9H2,1H3,(H,20,22)/t11-,13-/m0/s1. The number of carbonyl (C=O) groups is 2. The lowest BCUT2D eigenvalue weighted by Crippen LogP contribution is -2.46. The number of alkyl halides is 3. The van der Waals surface area contributed by atoms with E-state index in [0.717, 1.165) is 0 Å². The van der Waals surface area contributed by atoms with Crippen molar-refractivity contribution in [3.05, 3.63) is 35.9 Å². The second-order valence-electron chi connectivity index (χ2n) is 5.43. The van der Waals surface area contributed by atoms with Crippen molar-refractivity contribution in [3.8, 4) is 0 Å². The summed E-state index contributed by atoms with van der Waals surface area (Å²) in [6.45, 7) is -0.00103. The zero-order valence-corrected chi connectivity index (χ0v) is 12.6. The van der Waals surface area contributed by atoms with E-state index in [4.69, 9.17) is 0 Å². The molecule has 1 aromatic carbocycles. The topological polar surface area (TPSA) is 61.4 Å². The Balaban J connectivity index is 1.94. The van der Waals surface area contributed by atoms with Gasteiger partial charge in [0.05, 0.1) is 6.54 Å². The number of benzene rings is 1. The van der Waals surface area contributed by atoms with Crippen molar-refractivity contribution in [3.63, 3.8) is 0 Å². The number of hydrogen-bond donors (Lipinski definition) is 2. The van der Waals surface area contributed by atoms with Gasteiger partial charge >= 0.3 is 6.18 Å². The van der Waals surface area contributed by atoms with Crippen molar-refractivity contribution < 1.29 is 22.8 Å². The summed E-state index contributed by atoms with van der Waals surface area (Å²) in [6, 6.07) is 4.72. The highest BCUT2D eigenvalue weighted by Crippen LogP contribution is 2.32. The monoisotopic (exact) mass is 329 g/mol. The van der Waals surface area contributed by atoms with Crippen molar-refractivity contribution in [2.45, 2.75) is 24.7 Å². The molecule has 0 spiro atoms. The molecule has 0 saturated carbocycles. The van der Waals surface area contributed by atoms with Crippen LogP contribution in [0.3, 0.4) is 0 Å². The van der Waals surface area contributed by atoms with E-state index in [1.807, 2.05) is 0 Å². The largest absolute Gasteiger partial charge is 0.407 e. The van der Waals surface area contributed by atoms with Gasteiger partial charge in [0.1, 0.15) is 12.1 Å². The SMILES string of the molecule is CN1CC[C@H](NC(=O)CN[C@@H](c2ccccc2)C(F)(F)F)C1=O. The van der Waals surface area contributed by atoms with Crippen LogP contribution in [0.1, 0.15) is 18.0 Å². The van der Waals surface area contributed by atoms with Crippen LogP contribution in [0, 0.1) is 0 Å². The van der Waals surface area contributed by atoms with Gasteiger partial charge in [0, 0.05) is 13.6 Å². The molecular weight excluding hydrogens is 311 g/mol. The number of nitrogens with zero attached hydrogens (tertiary/aromatic N) is 1. The maximum absolute atomic E-state index is 13.1. The highest BCUT2D eigenvalue weighted by atomic mass is 19.4. The molecule has 2 atom stereocenters. The summed E-state index contributed by atoms with van der Waals surface area (Å²) in [4.78, 5) is 24.9. The molecule has 23 heavy (non-hydrogen) atoms. The van der Waals surface area contributed by atoms with Crippen LogP contribution in [0.5, 0.6) is 0 Å². The first kappa shape index (κ1) is 17.3. The summed E-state index contributed by atoms with van der Waals surface area (Å²) in [5.41, 5.74) is 0.0319. The van der Waals surface area contributed by atoms with E-state index in [0.29, 0.717) is 13.0 Å². The third kappa shape index (κ3) is 4.44. The minimum atomic E-state index is -4.52. The van der Waals surface area contributed by atoms with Gasteiger partial charge in [-0.1, -0.05) is 30.3 Å². The highest BCUT2D eigenvalue weighted by molar-refractivity contribution is 5.89. The third-order valence-corrected chi connectivity index (χ3v) is 3.69. The minimum Gasteiger partial charge on any atom is -0.344 e. The van der Waals surface area contributed by atoms with Crippen molar-refractivity contribution in [2.75, 3.05) is 20.1 Å². The third-order valence-electron chi connectivity index (χ3n) is 3.69. The van der Waals surface area contributed by atoms with Crippen LogP contribution >= 0.6 is 0 Å². The molecule has 0 bridgehead atoms. The van der Waals surface area contributed by atoms with Crippen LogP contribution in [0.4, 0.5) is 13.2 Å². The van der Waals surface area contributed by atoms with Crippen LogP contribution in [0.2, 0.25) is 0 Å². The minimum absolute atomic E-state index is 0.0319. The normalized spacial score (nSPS) is 19.7. The highest BCUT2D eigenvalue weighted by Gasteiger charge is 2.40. The van der Waals surface area contributed by atoms with E-state index in [-0.39, 0.29) is 11.5 Å². The molecule has 0 unspecified atom stereocenters. The fourth-order valence-electron chi connectivity index (χ4n) is 2.46. The molecule has 1 saturated heterocycles. The quantitative estimate of drug-likeness (QED) is 0.854. The molecular formula is C15H18F3N3O2. The molecule has 1 fully saturated rings. The second kappa shape index (κ2) is 6.99. The fraction of sp³-hybridized carbons (Fsp3) is 0.467. The second-order valence-corrected chi connectivity index (χ2v) is 5.43. The van der Waals surface area contributed by atoms with E-state index < -0.39 is 30.7 Å². The molecule has 1 aliphatic heterocycles. The van der Waals surface area contributed by atoms with Gasteiger partial charge in [-0.25, -0.2) is 0 Å². The number of nitrogens with one attached hydrogen (secondary N) is 2. The van der Waals surface area contributed by atoms with Crippen LogP contribution < -0.4 is 10.6 Å². The molecule has 0 aliphatic carbocycles. The number of hydrogen-bond acceptors (Lipinski definition) is 3. The molecule has 0 aromatic heterocycles. The van der Waals surface area contributed by atoms with E-state index in [2.05, 4.69) is 10.6 Å². The van der Waals surface area contributed by atoms with Gasteiger partial charge < -0.3 is 10.2 Å². The lowest BCUT2D eigenvalue weighted by atomic mass is 10.1. The Morgan fingerprint density at radius 2 is 2.00 bits per heavy atom. The summed E-state index contributed by atoms with van der Waals surface area (Å²) in [7, 11) is 1.61. The van der Waals surface area contributed by atoms with Gasteiger partial charge in [-0.3, -0.25) is 14.9 Å². The van der Waals surface area contributed by atoms with Crippen LogP contribution in [0.25, 0.3) is 0 Å². The Morgan fingerprint density at radius 3 is 2.52 bits per heavy atom. The van der Waals surface area contributed by atoms with Crippen molar-refractivity contribution in [2.24, 2.45) is 0 Å².